The number of halogens is 2. The van der Waals surface area contributed by atoms with E-state index in [9.17, 15) is 9.59 Å². The van der Waals surface area contributed by atoms with E-state index in [0.717, 1.165) is 10.0 Å². The van der Waals surface area contributed by atoms with E-state index in [1.165, 1.54) is 0 Å². The fourth-order valence-electron chi connectivity index (χ4n) is 2.17. The minimum absolute atomic E-state index is 0.200. The van der Waals surface area contributed by atoms with Crippen LogP contribution in [0.5, 0.6) is 0 Å². The Morgan fingerprint density at radius 1 is 1.52 bits per heavy atom. The van der Waals surface area contributed by atoms with Crippen molar-refractivity contribution in [3.63, 3.8) is 0 Å². The Balaban J connectivity index is 2.06. The fraction of sp³-hybridized carbons (Fsp3) is 0.429. The third-order valence-corrected chi connectivity index (χ3v) is 4.40. The number of hydrogen-bond acceptors (Lipinski definition) is 3. The van der Waals surface area contributed by atoms with Gasteiger partial charge in [0.1, 0.15) is 6.04 Å². The van der Waals surface area contributed by atoms with Gasteiger partial charge in [0.15, 0.2) is 0 Å². The topological polar surface area (TPSA) is 81.4 Å². The molecule has 1 saturated heterocycles. The summed E-state index contributed by atoms with van der Waals surface area (Å²) in [6, 6.07) is 4.50. The van der Waals surface area contributed by atoms with E-state index < -0.39 is 11.9 Å². The normalized spacial score (nSPS) is 19.2. The maximum atomic E-state index is 12.1. The Labute approximate surface area is 136 Å². The Hall–Kier alpha value is -1.11. The van der Waals surface area contributed by atoms with Gasteiger partial charge in [-0.05, 0) is 30.2 Å². The summed E-state index contributed by atoms with van der Waals surface area (Å²) >= 11 is 9.35. The van der Waals surface area contributed by atoms with Crippen molar-refractivity contribution in [3.8, 4) is 0 Å². The first-order chi connectivity index (χ1) is 9.97. The standard InChI is InChI=1S/C14H16BrClN2O3/c15-11-2-1-10(16)5-9(11)6-12(13(17)19)18-14(20)8-3-4-21-7-8/h1-2,5,8,12H,3-4,6-7H2,(H2,17,19)(H,18,20)/t8-,12+/m0/s1. The number of carbonyl (C=O) groups is 2. The summed E-state index contributed by atoms with van der Waals surface area (Å²) < 4.78 is 5.99. The van der Waals surface area contributed by atoms with Crippen molar-refractivity contribution in [3.05, 3.63) is 33.3 Å². The zero-order valence-corrected chi connectivity index (χ0v) is 13.6. The van der Waals surface area contributed by atoms with Crippen LogP contribution in [0.15, 0.2) is 22.7 Å². The molecule has 3 N–H and O–H groups in total. The molecule has 0 spiro atoms. The largest absolute Gasteiger partial charge is 0.381 e. The number of nitrogens with one attached hydrogen (secondary N) is 1. The Bertz CT molecular complexity index is 547. The quantitative estimate of drug-likeness (QED) is 0.821. The highest BCUT2D eigenvalue weighted by molar-refractivity contribution is 9.10. The van der Waals surface area contributed by atoms with E-state index in [2.05, 4.69) is 21.2 Å². The summed E-state index contributed by atoms with van der Waals surface area (Å²) in [7, 11) is 0. The highest BCUT2D eigenvalue weighted by atomic mass is 79.9. The molecule has 5 nitrogen and oxygen atoms in total. The number of nitrogens with two attached hydrogens (primary N) is 1. The SMILES string of the molecule is NC(=O)[C@@H](Cc1cc(Cl)ccc1Br)NC(=O)[C@H]1CCOC1. The predicted octanol–water partition coefficient (Wildman–Crippen LogP) is 1.65. The number of rotatable bonds is 5. The molecular formula is C14H16BrClN2O3. The van der Waals surface area contributed by atoms with Crippen molar-refractivity contribution in [2.75, 3.05) is 13.2 Å². The van der Waals surface area contributed by atoms with Crippen LogP contribution in [0, 0.1) is 5.92 Å². The lowest BCUT2D eigenvalue weighted by Crippen LogP contribution is -2.48. The Morgan fingerprint density at radius 2 is 2.29 bits per heavy atom. The van der Waals surface area contributed by atoms with E-state index in [-0.39, 0.29) is 18.2 Å². The maximum Gasteiger partial charge on any atom is 0.240 e. The Kier molecular flexibility index (Phi) is 5.61. The molecule has 2 rings (SSSR count). The number of carbonyl (C=O) groups excluding carboxylic acids is 2. The van der Waals surface area contributed by atoms with E-state index in [1.807, 2.05) is 0 Å². The second-order valence-corrected chi connectivity index (χ2v) is 6.25. The lowest BCUT2D eigenvalue weighted by Gasteiger charge is -2.18. The molecule has 0 bridgehead atoms. The van der Waals surface area contributed by atoms with Crippen LogP contribution in [0.4, 0.5) is 0 Å². The maximum absolute atomic E-state index is 12.1. The van der Waals surface area contributed by atoms with Crippen LogP contribution in [-0.4, -0.2) is 31.1 Å². The van der Waals surface area contributed by atoms with Crippen molar-refractivity contribution in [2.45, 2.75) is 18.9 Å². The summed E-state index contributed by atoms with van der Waals surface area (Å²) in [5.74, 6) is -0.988. The molecule has 1 aromatic carbocycles. The summed E-state index contributed by atoms with van der Waals surface area (Å²) in [5.41, 5.74) is 6.20. The van der Waals surface area contributed by atoms with Gasteiger partial charge in [0.05, 0.1) is 12.5 Å². The van der Waals surface area contributed by atoms with Gasteiger partial charge in [-0.3, -0.25) is 9.59 Å². The zero-order chi connectivity index (χ0) is 15.4. The molecular weight excluding hydrogens is 360 g/mol. The number of benzene rings is 1. The number of amides is 2. The molecule has 0 unspecified atom stereocenters. The van der Waals surface area contributed by atoms with Crippen molar-refractivity contribution in [1.82, 2.24) is 5.32 Å². The monoisotopic (exact) mass is 374 g/mol. The summed E-state index contributed by atoms with van der Waals surface area (Å²) in [4.78, 5) is 23.6. The van der Waals surface area contributed by atoms with Crippen molar-refractivity contribution in [2.24, 2.45) is 11.7 Å². The van der Waals surface area contributed by atoms with Crippen molar-refractivity contribution >= 4 is 39.3 Å². The minimum Gasteiger partial charge on any atom is -0.381 e. The molecule has 7 heteroatoms. The average Bonchev–Trinajstić information content (AvgIpc) is 2.96. The van der Waals surface area contributed by atoms with Gasteiger partial charge >= 0.3 is 0 Å². The molecule has 21 heavy (non-hydrogen) atoms. The third-order valence-electron chi connectivity index (χ3n) is 3.39. The van der Waals surface area contributed by atoms with Gasteiger partial charge < -0.3 is 15.8 Å². The minimum atomic E-state index is -0.770. The van der Waals surface area contributed by atoms with Crippen LogP contribution in [-0.2, 0) is 20.7 Å². The van der Waals surface area contributed by atoms with Gasteiger partial charge in [-0.15, -0.1) is 0 Å². The molecule has 0 radical (unpaired) electrons. The molecule has 2 amide bonds. The molecule has 1 aliphatic heterocycles. The molecule has 1 aliphatic rings. The summed E-state index contributed by atoms with van der Waals surface area (Å²) in [5, 5.41) is 3.26. The first-order valence-corrected chi connectivity index (χ1v) is 7.76. The number of hydrogen-bond donors (Lipinski definition) is 2. The number of ether oxygens (including phenoxy) is 1. The van der Waals surface area contributed by atoms with Crippen LogP contribution >= 0.6 is 27.5 Å². The first-order valence-electron chi connectivity index (χ1n) is 6.58. The van der Waals surface area contributed by atoms with Crippen LogP contribution < -0.4 is 11.1 Å². The van der Waals surface area contributed by atoms with Crippen LogP contribution in [0.1, 0.15) is 12.0 Å². The van der Waals surface area contributed by atoms with E-state index in [4.69, 9.17) is 22.1 Å². The third kappa shape index (κ3) is 4.43. The molecule has 1 fully saturated rings. The van der Waals surface area contributed by atoms with Gasteiger partial charge in [0, 0.05) is 22.5 Å². The van der Waals surface area contributed by atoms with Gasteiger partial charge in [0.2, 0.25) is 11.8 Å². The summed E-state index contributed by atoms with van der Waals surface area (Å²) in [6.45, 7) is 0.956. The molecule has 0 aromatic heterocycles. The van der Waals surface area contributed by atoms with Gasteiger partial charge in [0.25, 0.3) is 0 Å². The van der Waals surface area contributed by atoms with Gasteiger partial charge in [-0.1, -0.05) is 27.5 Å². The summed E-state index contributed by atoms with van der Waals surface area (Å²) in [6.07, 6.45) is 0.952. The molecule has 0 aliphatic carbocycles. The lowest BCUT2D eigenvalue weighted by molar-refractivity contribution is -0.129. The molecule has 2 atom stereocenters. The van der Waals surface area contributed by atoms with E-state index in [0.29, 0.717) is 24.7 Å². The highest BCUT2D eigenvalue weighted by Gasteiger charge is 2.27. The first kappa shape index (κ1) is 16.3. The number of primary amides is 1. The second kappa shape index (κ2) is 7.24. The van der Waals surface area contributed by atoms with Gasteiger partial charge in [-0.25, -0.2) is 0 Å². The molecule has 1 heterocycles. The van der Waals surface area contributed by atoms with Crippen LogP contribution in [0.25, 0.3) is 0 Å². The molecule has 0 saturated carbocycles. The smallest absolute Gasteiger partial charge is 0.240 e. The molecule has 114 valence electrons. The highest BCUT2D eigenvalue weighted by Crippen LogP contribution is 2.22. The average molecular weight is 376 g/mol. The van der Waals surface area contributed by atoms with E-state index in [1.54, 1.807) is 18.2 Å². The van der Waals surface area contributed by atoms with Crippen LogP contribution in [0.3, 0.4) is 0 Å². The Morgan fingerprint density at radius 3 is 2.90 bits per heavy atom. The molecule has 1 aromatic rings. The predicted molar refractivity (Wildman–Crippen MR) is 82.9 cm³/mol. The van der Waals surface area contributed by atoms with Crippen molar-refractivity contribution in [1.29, 1.82) is 0 Å². The fourth-order valence-corrected chi connectivity index (χ4v) is 2.78. The van der Waals surface area contributed by atoms with Crippen molar-refractivity contribution < 1.29 is 14.3 Å². The van der Waals surface area contributed by atoms with Crippen LogP contribution in [0.2, 0.25) is 5.02 Å². The zero-order valence-electron chi connectivity index (χ0n) is 11.3. The second-order valence-electron chi connectivity index (χ2n) is 4.96. The lowest BCUT2D eigenvalue weighted by atomic mass is 10.0. The van der Waals surface area contributed by atoms with E-state index >= 15 is 0 Å². The van der Waals surface area contributed by atoms with Gasteiger partial charge in [-0.2, -0.15) is 0 Å².